The Labute approximate surface area is 306 Å². The van der Waals surface area contributed by atoms with Crippen LogP contribution in [-0.2, 0) is 32.0 Å². The Morgan fingerprint density at radius 3 is 1.94 bits per heavy atom. The van der Waals surface area contributed by atoms with Crippen LogP contribution in [0.15, 0.2) is 88.6 Å². The van der Waals surface area contributed by atoms with E-state index in [2.05, 4.69) is 31.3 Å². The van der Waals surface area contributed by atoms with E-state index in [-0.39, 0.29) is 69.3 Å². The van der Waals surface area contributed by atoms with Crippen molar-refractivity contribution >= 4 is 46.3 Å². The number of hydrogen-bond acceptors (Lipinski definition) is 7. The standard InChI is InChI=1S/C37H47FN10O5/c38-28-20-26(18-23-9-12-24-5-1-2-6-25(24)17-23)33(51)45-21-32(50)46-31(19-22-10-13-27(49)14-11-22)35(53)48-30(8-4-16-44-37(41)42)34(52)47-29(28)7-3-15-43-36(39)40/h1-2,5-6,9-14,17,20,26,29-31,49H,3-4,7-8,15-16,18-19,21H2,(H,45,51)(H,46,50)(H,47,52)(H,48,53)(H4,39,40,43)(H4,41,42,44)/b28-20-/t26-,29+,30+,31-/m1/s1. The van der Waals surface area contributed by atoms with Crippen molar-refractivity contribution in [3.63, 3.8) is 0 Å². The van der Waals surface area contributed by atoms with E-state index in [1.807, 2.05) is 42.5 Å². The lowest BCUT2D eigenvalue weighted by Crippen LogP contribution is -2.56. The van der Waals surface area contributed by atoms with E-state index in [0.29, 0.717) is 5.56 Å². The lowest BCUT2D eigenvalue weighted by Gasteiger charge is -2.25. The number of phenolic OH excluding ortho intramolecular Hbond substituents is 1. The summed E-state index contributed by atoms with van der Waals surface area (Å²) in [4.78, 5) is 62.4. The highest BCUT2D eigenvalue weighted by molar-refractivity contribution is 5.94. The van der Waals surface area contributed by atoms with Gasteiger partial charge in [0.05, 0.1) is 18.5 Å². The molecule has 4 amide bonds. The number of carbonyl (C=O) groups excluding carboxylic acids is 4. The van der Waals surface area contributed by atoms with Crippen molar-refractivity contribution in [1.82, 2.24) is 21.3 Å². The second-order valence-corrected chi connectivity index (χ2v) is 12.8. The van der Waals surface area contributed by atoms with E-state index >= 15 is 4.39 Å². The van der Waals surface area contributed by atoms with Gasteiger partial charge < -0.3 is 49.3 Å². The van der Waals surface area contributed by atoms with Crippen molar-refractivity contribution in [3.05, 3.63) is 89.8 Å². The summed E-state index contributed by atoms with van der Waals surface area (Å²) < 4.78 is 16.4. The van der Waals surface area contributed by atoms with Gasteiger partial charge in [-0.25, -0.2) is 4.39 Å². The second-order valence-electron chi connectivity index (χ2n) is 12.8. The Balaban J connectivity index is 1.71. The first-order valence-electron chi connectivity index (χ1n) is 17.3. The summed E-state index contributed by atoms with van der Waals surface area (Å²) in [5.74, 6) is -4.90. The molecule has 1 heterocycles. The Hall–Kier alpha value is -6.19. The number of aliphatic imine (C=N–C) groups is 2. The summed E-state index contributed by atoms with van der Waals surface area (Å²) in [6.07, 6.45) is 1.86. The number of nitrogens with one attached hydrogen (secondary N) is 4. The zero-order valence-electron chi connectivity index (χ0n) is 29.3. The number of amides is 4. The molecule has 0 unspecified atom stereocenters. The van der Waals surface area contributed by atoms with Gasteiger partial charge in [-0.1, -0.05) is 54.6 Å². The molecule has 3 aromatic carbocycles. The molecule has 15 nitrogen and oxygen atoms in total. The first kappa shape index (κ1) is 39.6. The van der Waals surface area contributed by atoms with Crippen LogP contribution in [0.1, 0.15) is 36.8 Å². The molecule has 0 fully saturated rings. The van der Waals surface area contributed by atoms with Gasteiger partial charge in [0, 0.05) is 19.5 Å². The maximum atomic E-state index is 16.4. The minimum Gasteiger partial charge on any atom is -0.508 e. The fourth-order valence-electron chi connectivity index (χ4n) is 5.88. The number of nitrogens with two attached hydrogens (primary N) is 4. The molecule has 3 aromatic rings. The van der Waals surface area contributed by atoms with E-state index in [4.69, 9.17) is 22.9 Å². The predicted octanol–water partition coefficient (Wildman–Crippen LogP) is 0.492. The zero-order chi connectivity index (χ0) is 38.3. The number of guanidine groups is 2. The quantitative estimate of drug-likeness (QED) is 0.0712. The maximum Gasteiger partial charge on any atom is 0.243 e. The van der Waals surface area contributed by atoms with Gasteiger partial charge in [-0.3, -0.25) is 29.2 Å². The van der Waals surface area contributed by atoms with E-state index in [9.17, 15) is 24.3 Å². The normalized spacial score (nSPS) is 21.0. The highest BCUT2D eigenvalue weighted by Gasteiger charge is 2.30. The van der Waals surface area contributed by atoms with Gasteiger partial charge in [0.15, 0.2) is 11.9 Å². The number of rotatable bonds is 12. The van der Waals surface area contributed by atoms with Crippen LogP contribution in [-0.4, -0.2) is 78.4 Å². The van der Waals surface area contributed by atoms with Crippen LogP contribution in [0.4, 0.5) is 4.39 Å². The van der Waals surface area contributed by atoms with Gasteiger partial charge in [-0.2, -0.15) is 0 Å². The van der Waals surface area contributed by atoms with E-state index < -0.39 is 60.0 Å². The third-order valence-corrected chi connectivity index (χ3v) is 8.59. The molecule has 0 bridgehead atoms. The van der Waals surface area contributed by atoms with Crippen LogP contribution in [0, 0.1) is 5.92 Å². The summed E-state index contributed by atoms with van der Waals surface area (Å²) in [6.45, 7) is -0.215. The van der Waals surface area contributed by atoms with Gasteiger partial charge in [-0.05, 0) is 72.2 Å². The van der Waals surface area contributed by atoms with Gasteiger partial charge >= 0.3 is 0 Å². The number of halogens is 1. The van der Waals surface area contributed by atoms with E-state index in [0.717, 1.165) is 22.4 Å². The first-order valence-corrected chi connectivity index (χ1v) is 17.3. The lowest BCUT2D eigenvalue weighted by atomic mass is 9.94. The smallest absolute Gasteiger partial charge is 0.243 e. The summed E-state index contributed by atoms with van der Waals surface area (Å²) in [7, 11) is 0. The number of hydrogen-bond donors (Lipinski definition) is 9. The van der Waals surface area contributed by atoms with Crippen LogP contribution < -0.4 is 44.2 Å². The molecular formula is C37H47FN10O5. The number of carbonyl (C=O) groups is 4. The molecule has 4 atom stereocenters. The summed E-state index contributed by atoms with van der Waals surface area (Å²) in [5.41, 5.74) is 23.2. The molecule has 0 aliphatic carbocycles. The van der Waals surface area contributed by atoms with Gasteiger partial charge in [0.2, 0.25) is 23.6 Å². The molecule has 0 saturated carbocycles. The molecule has 13 N–H and O–H groups in total. The third-order valence-electron chi connectivity index (χ3n) is 8.59. The molecule has 1 aliphatic heterocycles. The molecule has 0 saturated heterocycles. The Morgan fingerprint density at radius 1 is 0.698 bits per heavy atom. The highest BCUT2D eigenvalue weighted by atomic mass is 19.1. The number of aromatic hydroxyl groups is 1. The van der Waals surface area contributed by atoms with Gasteiger partial charge in [0.1, 0.15) is 23.7 Å². The summed E-state index contributed by atoms with van der Waals surface area (Å²) >= 11 is 0. The van der Waals surface area contributed by atoms with Crippen molar-refractivity contribution in [2.75, 3.05) is 19.6 Å². The Kier molecular flexibility index (Phi) is 14.5. The minimum atomic E-state index is -1.22. The van der Waals surface area contributed by atoms with Crippen LogP contribution in [0.25, 0.3) is 10.8 Å². The average Bonchev–Trinajstić information content (AvgIpc) is 3.12. The minimum absolute atomic E-state index is 0.0106. The van der Waals surface area contributed by atoms with Gasteiger partial charge in [0.25, 0.3) is 0 Å². The predicted molar refractivity (Wildman–Crippen MR) is 201 cm³/mol. The number of phenols is 1. The molecule has 0 aromatic heterocycles. The van der Waals surface area contributed by atoms with Crippen LogP contribution in [0.2, 0.25) is 0 Å². The van der Waals surface area contributed by atoms with Crippen molar-refractivity contribution in [1.29, 1.82) is 0 Å². The maximum absolute atomic E-state index is 16.4. The summed E-state index contributed by atoms with van der Waals surface area (Å²) in [6, 6.07) is 15.8. The highest BCUT2D eigenvalue weighted by Crippen LogP contribution is 2.22. The number of nitrogens with zero attached hydrogens (tertiary/aromatic N) is 2. The molecule has 282 valence electrons. The molecular weight excluding hydrogens is 683 g/mol. The van der Waals surface area contributed by atoms with Crippen LogP contribution in [0.3, 0.4) is 0 Å². The molecule has 4 rings (SSSR count). The van der Waals surface area contributed by atoms with Crippen LogP contribution in [0.5, 0.6) is 5.75 Å². The first-order chi connectivity index (χ1) is 25.4. The molecule has 16 heteroatoms. The molecule has 0 radical (unpaired) electrons. The Morgan fingerprint density at radius 2 is 1.28 bits per heavy atom. The second kappa shape index (κ2) is 19.4. The van der Waals surface area contributed by atoms with E-state index in [1.165, 1.54) is 12.1 Å². The number of fused-ring (bicyclic) bond motifs is 1. The largest absolute Gasteiger partial charge is 0.508 e. The number of benzene rings is 3. The molecule has 0 spiro atoms. The lowest BCUT2D eigenvalue weighted by molar-refractivity contribution is -0.132. The van der Waals surface area contributed by atoms with Gasteiger partial charge in [-0.15, -0.1) is 0 Å². The average molecular weight is 731 g/mol. The van der Waals surface area contributed by atoms with Crippen molar-refractivity contribution in [2.24, 2.45) is 38.8 Å². The molecule has 53 heavy (non-hydrogen) atoms. The third kappa shape index (κ3) is 12.8. The van der Waals surface area contributed by atoms with E-state index in [1.54, 1.807) is 12.1 Å². The van der Waals surface area contributed by atoms with Crippen LogP contribution >= 0.6 is 0 Å². The topological polar surface area (TPSA) is 265 Å². The van der Waals surface area contributed by atoms with Crippen molar-refractivity contribution < 1.29 is 28.7 Å². The van der Waals surface area contributed by atoms with Crippen molar-refractivity contribution in [2.45, 2.75) is 56.7 Å². The molecule has 1 aliphatic rings. The monoisotopic (exact) mass is 730 g/mol. The Bertz CT molecular complexity index is 1840. The summed E-state index contributed by atoms with van der Waals surface area (Å²) in [5, 5.41) is 22.3. The SMILES string of the molecule is NC(N)=NCCC[C@@H]1NC(=O)[C@@H](Cc2ccc(O)cc2)NC(=O)CNC(=O)[C@H](Cc2ccc3ccccc3c2)/C=C(\F)[C@H](CCCN=C(N)N)NC1=O. The zero-order valence-corrected chi connectivity index (χ0v) is 29.3. The fraction of sp³-hybridized carbons (Fsp3) is 0.351. The fourth-order valence-corrected chi connectivity index (χ4v) is 5.88. The van der Waals surface area contributed by atoms with Crippen molar-refractivity contribution in [3.8, 4) is 5.75 Å².